The summed E-state index contributed by atoms with van der Waals surface area (Å²) in [5.41, 5.74) is -2.07. The molecule has 2 nitrogen and oxygen atoms in total. The molecule has 0 aromatic carbocycles. The Morgan fingerprint density at radius 2 is 1.90 bits per heavy atom. The van der Waals surface area contributed by atoms with E-state index in [1.807, 2.05) is 0 Å². The van der Waals surface area contributed by atoms with Crippen molar-refractivity contribution in [2.24, 2.45) is 17.8 Å². The number of rotatable bonds is 4. The van der Waals surface area contributed by atoms with Crippen LogP contribution in [0.4, 0.5) is 13.2 Å². The molecule has 1 saturated heterocycles. The van der Waals surface area contributed by atoms with E-state index in [1.54, 1.807) is 0 Å². The monoisotopic (exact) mass is 306 g/mol. The lowest BCUT2D eigenvalue weighted by Crippen LogP contribution is -2.50. The van der Waals surface area contributed by atoms with E-state index in [4.69, 9.17) is 9.47 Å². The summed E-state index contributed by atoms with van der Waals surface area (Å²) in [6.45, 7) is 1.73. The fraction of sp³-hybridized carbons (Fsp3) is 1.00. The maximum Gasteiger partial charge on any atom is 0.417 e. The van der Waals surface area contributed by atoms with Gasteiger partial charge in [-0.25, -0.2) is 0 Å². The summed E-state index contributed by atoms with van der Waals surface area (Å²) < 4.78 is 51.6. The predicted molar refractivity (Wildman–Crippen MR) is 72.7 cm³/mol. The molecule has 0 aromatic rings. The van der Waals surface area contributed by atoms with Crippen LogP contribution in [0.3, 0.4) is 0 Å². The van der Waals surface area contributed by atoms with E-state index >= 15 is 0 Å². The zero-order chi connectivity index (χ0) is 15.1. The molecule has 2 saturated carbocycles. The van der Waals surface area contributed by atoms with Crippen molar-refractivity contribution in [3.63, 3.8) is 0 Å². The van der Waals surface area contributed by atoms with Crippen LogP contribution in [0, 0.1) is 17.8 Å². The minimum Gasteiger partial charge on any atom is -0.353 e. The number of fused-ring (bicyclic) bond motifs is 2. The normalized spacial score (nSPS) is 39.4. The highest BCUT2D eigenvalue weighted by Crippen LogP contribution is 2.53. The molecule has 122 valence electrons. The third-order valence-electron chi connectivity index (χ3n) is 5.67. The van der Waals surface area contributed by atoms with E-state index in [-0.39, 0.29) is 12.3 Å². The van der Waals surface area contributed by atoms with Crippen molar-refractivity contribution in [1.29, 1.82) is 0 Å². The first kappa shape index (κ1) is 15.6. The first-order valence-corrected chi connectivity index (χ1v) is 8.23. The van der Waals surface area contributed by atoms with Gasteiger partial charge in [-0.05, 0) is 69.6 Å². The van der Waals surface area contributed by atoms with Gasteiger partial charge in [0.2, 0.25) is 0 Å². The quantitative estimate of drug-likeness (QED) is 0.751. The Bertz CT molecular complexity index is 365. The van der Waals surface area contributed by atoms with Gasteiger partial charge in [-0.1, -0.05) is 6.42 Å². The molecule has 5 atom stereocenters. The molecule has 5 heteroatoms. The van der Waals surface area contributed by atoms with Gasteiger partial charge in [0, 0.05) is 6.61 Å². The largest absolute Gasteiger partial charge is 0.417 e. The van der Waals surface area contributed by atoms with Crippen LogP contribution in [0.5, 0.6) is 0 Å². The van der Waals surface area contributed by atoms with Crippen molar-refractivity contribution in [3.05, 3.63) is 0 Å². The Hall–Kier alpha value is -0.290. The van der Waals surface area contributed by atoms with E-state index in [0.717, 1.165) is 32.1 Å². The highest BCUT2D eigenvalue weighted by Gasteiger charge is 2.56. The van der Waals surface area contributed by atoms with Crippen LogP contribution < -0.4 is 0 Å². The fourth-order valence-corrected chi connectivity index (χ4v) is 4.45. The van der Waals surface area contributed by atoms with Gasteiger partial charge in [0.1, 0.15) is 0 Å². The molecule has 3 rings (SSSR count). The second-order valence-corrected chi connectivity index (χ2v) is 7.28. The Labute approximate surface area is 124 Å². The molecule has 0 amide bonds. The van der Waals surface area contributed by atoms with Crippen LogP contribution in [-0.2, 0) is 9.47 Å². The molecular weight excluding hydrogens is 281 g/mol. The Kier molecular flexibility index (Phi) is 4.25. The van der Waals surface area contributed by atoms with Crippen molar-refractivity contribution >= 4 is 0 Å². The minimum atomic E-state index is -4.34. The molecule has 0 radical (unpaired) electrons. The number of hydrogen-bond donors (Lipinski definition) is 0. The molecule has 0 aromatic heterocycles. The van der Waals surface area contributed by atoms with E-state index in [0.29, 0.717) is 24.9 Å². The first-order valence-electron chi connectivity index (χ1n) is 8.23. The average Bonchev–Trinajstić information content (AvgIpc) is 3.00. The third-order valence-corrected chi connectivity index (χ3v) is 5.67. The second kappa shape index (κ2) is 5.73. The van der Waals surface area contributed by atoms with Gasteiger partial charge in [0.05, 0.1) is 0 Å². The Morgan fingerprint density at radius 3 is 2.43 bits per heavy atom. The maximum atomic E-state index is 13.6. The van der Waals surface area contributed by atoms with Crippen LogP contribution >= 0.6 is 0 Å². The summed E-state index contributed by atoms with van der Waals surface area (Å²) in [6.07, 6.45) is 1.81. The summed E-state index contributed by atoms with van der Waals surface area (Å²) in [6, 6.07) is 0. The Morgan fingerprint density at radius 1 is 1.10 bits per heavy atom. The van der Waals surface area contributed by atoms with Gasteiger partial charge in [-0.15, -0.1) is 0 Å². The number of halogens is 3. The molecule has 0 N–H and O–H groups in total. The highest BCUT2D eigenvalue weighted by molar-refractivity contribution is 4.96. The van der Waals surface area contributed by atoms with Crippen LogP contribution in [0.2, 0.25) is 0 Å². The van der Waals surface area contributed by atoms with Crippen molar-refractivity contribution < 1.29 is 22.6 Å². The van der Waals surface area contributed by atoms with Gasteiger partial charge in [-0.3, -0.25) is 0 Å². The SMILES string of the molecule is CC(CC1CC2CCC1C2)(OC1CCCCO1)C(F)(F)F. The molecular formula is C16H25F3O2. The van der Waals surface area contributed by atoms with Gasteiger partial charge < -0.3 is 9.47 Å². The van der Waals surface area contributed by atoms with Crippen LogP contribution in [0.1, 0.15) is 58.3 Å². The molecule has 2 aliphatic carbocycles. The van der Waals surface area contributed by atoms with Crippen molar-refractivity contribution in [1.82, 2.24) is 0 Å². The number of ether oxygens (including phenoxy) is 2. The smallest absolute Gasteiger partial charge is 0.353 e. The molecule has 2 bridgehead atoms. The van der Waals surface area contributed by atoms with E-state index in [9.17, 15) is 13.2 Å². The molecule has 21 heavy (non-hydrogen) atoms. The first-order chi connectivity index (χ1) is 9.87. The highest BCUT2D eigenvalue weighted by atomic mass is 19.4. The lowest BCUT2D eigenvalue weighted by Gasteiger charge is -2.39. The van der Waals surface area contributed by atoms with E-state index < -0.39 is 18.1 Å². The summed E-state index contributed by atoms with van der Waals surface area (Å²) in [5, 5.41) is 0. The standard InChI is InChI=1S/C16H25F3O2/c1-15(16(17,18)19,21-14-4-2-3-7-20-14)10-13-9-11-5-6-12(13)8-11/h11-14H,2-10H2,1H3. The van der Waals surface area contributed by atoms with Crippen LogP contribution in [0.25, 0.3) is 0 Å². The third kappa shape index (κ3) is 3.24. The fourth-order valence-electron chi connectivity index (χ4n) is 4.45. The number of alkyl halides is 3. The van der Waals surface area contributed by atoms with E-state index in [1.165, 1.54) is 13.3 Å². The maximum absolute atomic E-state index is 13.6. The van der Waals surface area contributed by atoms with E-state index in [2.05, 4.69) is 0 Å². The average molecular weight is 306 g/mol. The van der Waals surface area contributed by atoms with Crippen molar-refractivity contribution in [2.45, 2.75) is 76.4 Å². The van der Waals surface area contributed by atoms with Gasteiger partial charge in [-0.2, -0.15) is 13.2 Å². The summed E-state index contributed by atoms with van der Waals surface area (Å²) in [4.78, 5) is 0. The molecule has 5 unspecified atom stereocenters. The van der Waals surface area contributed by atoms with Gasteiger partial charge in [0.25, 0.3) is 0 Å². The van der Waals surface area contributed by atoms with Crippen LogP contribution in [-0.4, -0.2) is 24.7 Å². The molecule has 1 aliphatic heterocycles. The van der Waals surface area contributed by atoms with Crippen molar-refractivity contribution in [3.8, 4) is 0 Å². The lowest BCUT2D eigenvalue weighted by molar-refractivity contribution is -0.328. The second-order valence-electron chi connectivity index (χ2n) is 7.28. The predicted octanol–water partition coefficient (Wildman–Crippen LogP) is 4.68. The molecule has 3 fully saturated rings. The van der Waals surface area contributed by atoms with Gasteiger partial charge in [0.15, 0.2) is 11.9 Å². The molecule has 0 spiro atoms. The van der Waals surface area contributed by atoms with Crippen molar-refractivity contribution in [2.75, 3.05) is 6.61 Å². The lowest BCUT2D eigenvalue weighted by atomic mass is 9.80. The summed E-state index contributed by atoms with van der Waals surface area (Å²) in [5.74, 6) is 1.30. The number of hydrogen-bond acceptors (Lipinski definition) is 2. The minimum absolute atomic E-state index is 0.0948. The molecule has 1 heterocycles. The van der Waals surface area contributed by atoms with Gasteiger partial charge >= 0.3 is 6.18 Å². The Balaban J connectivity index is 1.67. The summed E-state index contributed by atoms with van der Waals surface area (Å²) >= 11 is 0. The summed E-state index contributed by atoms with van der Waals surface area (Å²) in [7, 11) is 0. The zero-order valence-corrected chi connectivity index (χ0v) is 12.6. The molecule has 3 aliphatic rings. The van der Waals surface area contributed by atoms with Crippen LogP contribution in [0.15, 0.2) is 0 Å². The zero-order valence-electron chi connectivity index (χ0n) is 12.6. The topological polar surface area (TPSA) is 18.5 Å².